The van der Waals surface area contributed by atoms with Crippen molar-refractivity contribution in [1.29, 1.82) is 0 Å². The number of benzene rings is 2. The highest BCUT2D eigenvalue weighted by Gasteiger charge is 2.46. The minimum Gasteiger partial charge on any atom is -0.454 e. The van der Waals surface area contributed by atoms with Gasteiger partial charge in [0.05, 0.1) is 10.3 Å². The summed E-state index contributed by atoms with van der Waals surface area (Å²) in [5, 5.41) is 3.80. The second kappa shape index (κ2) is 15.6. The Morgan fingerprint density at radius 3 is 2.15 bits per heavy atom. The number of hydrogen-bond donors (Lipinski definition) is 2. The van der Waals surface area contributed by atoms with Crippen LogP contribution in [0.5, 0.6) is 6.01 Å². The Morgan fingerprint density at radius 1 is 0.945 bits per heavy atom. The lowest BCUT2D eigenvalue weighted by molar-refractivity contribution is -0.154. The van der Waals surface area contributed by atoms with Crippen LogP contribution in [0.15, 0.2) is 48.5 Å². The van der Waals surface area contributed by atoms with Gasteiger partial charge in [0.1, 0.15) is 17.5 Å². The first-order chi connectivity index (χ1) is 25.4. The SMILES string of the molecule is CC(C)(C)OC(=O)N1C[C@@H](CC(=O)c2ccc(Cc3nc(NC4(c5ccc(Cl)cc5)CC4)nc(OCC(F)(F)F)n3)cc2)C[C@@H]1C(=O)NS(=O)(=O)C(C)(C)C. The van der Waals surface area contributed by atoms with Crippen molar-refractivity contribution in [1.82, 2.24) is 24.6 Å². The van der Waals surface area contributed by atoms with E-state index < -0.39 is 68.7 Å². The van der Waals surface area contributed by atoms with Crippen molar-refractivity contribution in [3.63, 3.8) is 0 Å². The number of hydrogen-bond acceptors (Lipinski definition) is 11. The molecule has 2 fully saturated rings. The summed E-state index contributed by atoms with van der Waals surface area (Å²) in [6.07, 6.45) is -3.90. The Labute approximate surface area is 322 Å². The number of ketones is 1. The summed E-state index contributed by atoms with van der Waals surface area (Å²) < 4.78 is 75.7. The van der Waals surface area contributed by atoms with Crippen molar-refractivity contribution in [3.05, 3.63) is 76.1 Å². The molecule has 1 aliphatic heterocycles. The monoisotopic (exact) mass is 808 g/mol. The molecule has 2 aliphatic rings. The lowest BCUT2D eigenvalue weighted by Crippen LogP contribution is -2.51. The zero-order valence-electron chi connectivity index (χ0n) is 31.3. The molecule has 298 valence electrons. The van der Waals surface area contributed by atoms with Crippen LogP contribution in [0.4, 0.5) is 23.9 Å². The van der Waals surface area contributed by atoms with E-state index in [1.54, 1.807) is 57.2 Å². The summed E-state index contributed by atoms with van der Waals surface area (Å²) in [5.41, 5.74) is 0.479. The van der Waals surface area contributed by atoms with Crippen LogP contribution in [0.25, 0.3) is 0 Å². The van der Waals surface area contributed by atoms with Gasteiger partial charge in [-0.25, -0.2) is 13.2 Å². The van der Waals surface area contributed by atoms with Crippen molar-refractivity contribution in [3.8, 4) is 6.01 Å². The molecule has 0 radical (unpaired) electrons. The molecule has 2 heterocycles. The largest absolute Gasteiger partial charge is 0.454 e. The topological polar surface area (TPSA) is 170 Å². The number of nitrogens with one attached hydrogen (secondary N) is 2. The quantitative estimate of drug-likeness (QED) is 0.189. The maximum atomic E-state index is 13.4. The molecule has 1 aromatic heterocycles. The molecule has 55 heavy (non-hydrogen) atoms. The number of rotatable bonds is 12. The second-order valence-electron chi connectivity index (χ2n) is 15.8. The molecular formula is C37H44ClF3N6O7S. The number of carbonyl (C=O) groups excluding carboxylic acids is 3. The normalized spacial score (nSPS) is 18.4. The second-order valence-corrected chi connectivity index (χ2v) is 18.7. The number of sulfonamides is 1. The molecule has 1 saturated carbocycles. The average Bonchev–Trinajstić information content (AvgIpc) is 3.71. The maximum Gasteiger partial charge on any atom is 0.422 e. The first-order valence-electron chi connectivity index (χ1n) is 17.6. The van der Waals surface area contributed by atoms with Gasteiger partial charge in [-0.2, -0.15) is 28.1 Å². The van der Waals surface area contributed by atoms with Gasteiger partial charge in [0.15, 0.2) is 12.4 Å². The van der Waals surface area contributed by atoms with Crippen molar-refractivity contribution in [2.45, 2.75) is 102 Å². The maximum absolute atomic E-state index is 13.4. The van der Waals surface area contributed by atoms with Crippen LogP contribution < -0.4 is 14.8 Å². The van der Waals surface area contributed by atoms with Gasteiger partial charge in [0.2, 0.25) is 16.0 Å². The summed E-state index contributed by atoms with van der Waals surface area (Å²) in [5.74, 6) is -1.48. The molecule has 2 atom stereocenters. The fourth-order valence-electron chi connectivity index (χ4n) is 5.90. The summed E-state index contributed by atoms with van der Waals surface area (Å²) in [7, 11) is -4.08. The fraction of sp³-hybridized carbons (Fsp3) is 0.514. The molecule has 3 aromatic rings. The molecule has 2 amide bonds. The average molecular weight is 809 g/mol. The van der Waals surface area contributed by atoms with E-state index in [0.717, 1.165) is 23.3 Å². The molecule has 2 N–H and O–H groups in total. The number of nitrogens with zero attached hydrogens (tertiary/aromatic N) is 4. The summed E-state index contributed by atoms with van der Waals surface area (Å²) in [6.45, 7) is 7.69. The van der Waals surface area contributed by atoms with Gasteiger partial charge in [0.25, 0.3) is 5.91 Å². The molecule has 5 rings (SSSR count). The molecule has 0 spiro atoms. The van der Waals surface area contributed by atoms with Crippen molar-refractivity contribution in [2.75, 3.05) is 18.5 Å². The number of alkyl halides is 3. The van der Waals surface area contributed by atoms with Gasteiger partial charge < -0.3 is 14.8 Å². The number of aromatic nitrogens is 3. The Bertz CT molecular complexity index is 2010. The van der Waals surface area contributed by atoms with Crippen LogP contribution in [0.3, 0.4) is 0 Å². The first kappa shape index (κ1) is 41.6. The van der Waals surface area contributed by atoms with Crippen LogP contribution >= 0.6 is 11.6 Å². The van der Waals surface area contributed by atoms with E-state index in [0.29, 0.717) is 16.1 Å². The third-order valence-electron chi connectivity index (χ3n) is 9.00. The van der Waals surface area contributed by atoms with E-state index in [2.05, 4.69) is 25.0 Å². The lowest BCUT2D eigenvalue weighted by atomic mass is 9.95. The summed E-state index contributed by atoms with van der Waals surface area (Å²) in [4.78, 5) is 53.6. The van der Waals surface area contributed by atoms with Crippen LogP contribution in [-0.4, -0.2) is 81.8 Å². The number of amides is 2. The van der Waals surface area contributed by atoms with E-state index in [9.17, 15) is 36.0 Å². The Kier molecular flexibility index (Phi) is 11.8. The Hall–Kier alpha value is -4.51. The molecule has 2 aromatic carbocycles. The number of ether oxygens (including phenoxy) is 2. The first-order valence-corrected chi connectivity index (χ1v) is 19.4. The predicted molar refractivity (Wildman–Crippen MR) is 197 cm³/mol. The molecular weight excluding hydrogens is 765 g/mol. The summed E-state index contributed by atoms with van der Waals surface area (Å²) >= 11 is 6.05. The predicted octanol–water partition coefficient (Wildman–Crippen LogP) is 6.60. The molecule has 0 bridgehead atoms. The van der Waals surface area contributed by atoms with E-state index in [1.165, 1.54) is 20.8 Å². The number of anilines is 1. The third kappa shape index (κ3) is 11.1. The minimum atomic E-state index is -4.61. The number of Topliss-reactive ketones (excluding diaryl/α,β-unsaturated/α-hetero) is 1. The molecule has 0 unspecified atom stereocenters. The van der Waals surface area contributed by atoms with E-state index in [-0.39, 0.29) is 43.4 Å². The molecule has 1 saturated heterocycles. The lowest BCUT2D eigenvalue weighted by Gasteiger charge is -2.28. The molecule has 18 heteroatoms. The highest BCUT2D eigenvalue weighted by Crippen LogP contribution is 2.48. The smallest absolute Gasteiger partial charge is 0.422 e. The zero-order valence-corrected chi connectivity index (χ0v) is 32.9. The van der Waals surface area contributed by atoms with E-state index >= 15 is 0 Å². The van der Waals surface area contributed by atoms with Gasteiger partial charge in [-0.1, -0.05) is 48.0 Å². The van der Waals surface area contributed by atoms with Gasteiger partial charge in [-0.15, -0.1) is 0 Å². The number of halogens is 4. The molecule has 1 aliphatic carbocycles. The number of carbonyl (C=O) groups is 3. The third-order valence-corrected chi connectivity index (χ3v) is 11.3. The van der Waals surface area contributed by atoms with Gasteiger partial charge in [-0.05, 0) is 90.0 Å². The van der Waals surface area contributed by atoms with E-state index in [1.807, 2.05) is 12.1 Å². The van der Waals surface area contributed by atoms with Crippen LogP contribution in [-0.2, 0) is 31.5 Å². The van der Waals surface area contributed by atoms with Crippen LogP contribution in [0, 0.1) is 5.92 Å². The standard InChI is InChI=1S/C37H44ClF3N6O7S/c1-34(2,3)54-33(50)47-20-23(17-27(47)30(49)46-55(51,52)35(4,5)6)18-28(48)24-9-7-22(8-10-24)19-29-42-31(44-32(43-29)53-21-37(39,40)41)45-36(15-16-36)25-11-13-26(38)14-12-25/h7-14,23,27H,15-21H2,1-6H3,(H,46,49)(H,42,43,44,45)/t23-,27-/m1/s1. The minimum absolute atomic E-state index is 0.0137. The zero-order chi connectivity index (χ0) is 40.6. The number of likely N-dealkylation sites (tertiary alicyclic amines) is 1. The molecule has 13 nitrogen and oxygen atoms in total. The van der Waals surface area contributed by atoms with Gasteiger partial charge in [-0.3, -0.25) is 19.2 Å². The van der Waals surface area contributed by atoms with Crippen molar-refractivity contribution in [2.24, 2.45) is 5.92 Å². The highest BCUT2D eigenvalue weighted by atomic mass is 35.5. The van der Waals surface area contributed by atoms with Crippen molar-refractivity contribution < 1.29 is 45.4 Å². The Morgan fingerprint density at radius 2 is 1.58 bits per heavy atom. The van der Waals surface area contributed by atoms with Gasteiger partial charge in [0, 0.05) is 30.0 Å². The van der Waals surface area contributed by atoms with Crippen molar-refractivity contribution >= 4 is 45.4 Å². The van der Waals surface area contributed by atoms with Crippen LogP contribution in [0.2, 0.25) is 5.02 Å². The van der Waals surface area contributed by atoms with Crippen LogP contribution in [0.1, 0.15) is 94.5 Å². The van der Waals surface area contributed by atoms with E-state index in [4.69, 9.17) is 21.1 Å². The highest BCUT2D eigenvalue weighted by molar-refractivity contribution is 7.91. The van der Waals surface area contributed by atoms with Gasteiger partial charge >= 0.3 is 18.3 Å². The fourth-order valence-corrected chi connectivity index (χ4v) is 6.74. The summed E-state index contributed by atoms with van der Waals surface area (Å²) in [6, 6.07) is 12.0. The Balaban J connectivity index is 1.29.